The molecule has 0 aliphatic carbocycles. The van der Waals surface area contributed by atoms with Gasteiger partial charge in [-0.15, -0.1) is 0 Å². The highest BCUT2D eigenvalue weighted by Crippen LogP contribution is 2.29. The van der Waals surface area contributed by atoms with E-state index in [0.717, 1.165) is 17.1 Å². The van der Waals surface area contributed by atoms with Crippen molar-refractivity contribution in [2.45, 2.75) is 32.7 Å². The predicted octanol–water partition coefficient (Wildman–Crippen LogP) is 4.01. The Labute approximate surface area is 124 Å². The molecular formula is C15H19ClN4. The number of nitrogens with one attached hydrogen (secondary N) is 1. The van der Waals surface area contributed by atoms with Crippen LogP contribution in [0, 0.1) is 0 Å². The van der Waals surface area contributed by atoms with Crippen LogP contribution in [0.1, 0.15) is 44.0 Å². The summed E-state index contributed by atoms with van der Waals surface area (Å²) in [5, 5.41) is 3.86. The zero-order valence-electron chi connectivity index (χ0n) is 11.9. The van der Waals surface area contributed by atoms with Gasteiger partial charge in [0.25, 0.3) is 0 Å². The van der Waals surface area contributed by atoms with Crippen molar-refractivity contribution in [3.05, 3.63) is 46.9 Å². The molecule has 1 aromatic carbocycles. The number of benzene rings is 1. The van der Waals surface area contributed by atoms with Crippen LogP contribution < -0.4 is 11.1 Å². The van der Waals surface area contributed by atoms with Crippen molar-refractivity contribution < 1.29 is 0 Å². The number of nitrogen functional groups attached to an aromatic ring is 1. The number of halogens is 1. The lowest BCUT2D eigenvalue weighted by molar-refractivity contribution is 0.805. The van der Waals surface area contributed by atoms with Crippen LogP contribution in [0.3, 0.4) is 0 Å². The van der Waals surface area contributed by atoms with Gasteiger partial charge in [0.1, 0.15) is 5.82 Å². The molecule has 0 saturated heterocycles. The number of aromatic nitrogens is 2. The molecule has 106 valence electrons. The summed E-state index contributed by atoms with van der Waals surface area (Å²) in [5.74, 6) is 1.10. The molecule has 0 bridgehead atoms. The van der Waals surface area contributed by atoms with Crippen LogP contribution in [0.5, 0.6) is 0 Å². The van der Waals surface area contributed by atoms with Crippen molar-refractivity contribution in [2.75, 3.05) is 11.1 Å². The van der Waals surface area contributed by atoms with Crippen LogP contribution >= 0.6 is 11.6 Å². The first kappa shape index (κ1) is 14.6. The Kier molecular flexibility index (Phi) is 4.45. The van der Waals surface area contributed by atoms with Crippen LogP contribution in [0.2, 0.25) is 5.02 Å². The van der Waals surface area contributed by atoms with E-state index in [9.17, 15) is 0 Å². The monoisotopic (exact) mass is 290 g/mol. The molecular weight excluding hydrogens is 272 g/mol. The quantitative estimate of drug-likeness (QED) is 0.835. The molecule has 0 amide bonds. The minimum Gasteiger partial charge on any atom is -0.398 e. The summed E-state index contributed by atoms with van der Waals surface area (Å²) in [7, 11) is 0. The molecule has 2 rings (SSSR count). The lowest BCUT2D eigenvalue weighted by atomic mass is 10.1. The summed E-state index contributed by atoms with van der Waals surface area (Å²) in [5.41, 5.74) is 8.32. The molecule has 1 aromatic heterocycles. The summed E-state index contributed by atoms with van der Waals surface area (Å²) in [4.78, 5) is 8.75. The van der Waals surface area contributed by atoms with E-state index in [1.54, 1.807) is 18.5 Å². The Morgan fingerprint density at radius 3 is 2.50 bits per heavy atom. The predicted molar refractivity (Wildman–Crippen MR) is 84.0 cm³/mol. The largest absolute Gasteiger partial charge is 0.398 e. The van der Waals surface area contributed by atoms with Crippen molar-refractivity contribution in [3.8, 4) is 0 Å². The molecule has 0 unspecified atom stereocenters. The van der Waals surface area contributed by atoms with Crippen molar-refractivity contribution in [3.63, 3.8) is 0 Å². The average molecular weight is 291 g/mol. The highest BCUT2D eigenvalue weighted by molar-refractivity contribution is 6.33. The van der Waals surface area contributed by atoms with E-state index in [4.69, 9.17) is 17.3 Å². The molecule has 3 N–H and O–H groups in total. The molecule has 4 nitrogen and oxygen atoms in total. The average Bonchev–Trinajstić information content (AvgIpc) is 2.42. The third-order valence-electron chi connectivity index (χ3n) is 3.15. The Morgan fingerprint density at radius 2 is 1.90 bits per heavy atom. The van der Waals surface area contributed by atoms with E-state index in [1.807, 2.05) is 19.1 Å². The smallest absolute Gasteiger partial charge is 0.144 e. The zero-order valence-corrected chi connectivity index (χ0v) is 12.6. The summed E-state index contributed by atoms with van der Waals surface area (Å²) < 4.78 is 0. The summed E-state index contributed by atoms with van der Waals surface area (Å²) in [6, 6.07) is 5.63. The van der Waals surface area contributed by atoms with E-state index in [1.165, 1.54) is 0 Å². The molecule has 2 aromatic rings. The zero-order chi connectivity index (χ0) is 14.7. The van der Waals surface area contributed by atoms with E-state index in [0.29, 0.717) is 16.6 Å². The molecule has 0 aliphatic rings. The van der Waals surface area contributed by atoms with Crippen LogP contribution in [0.15, 0.2) is 30.6 Å². The first-order valence-electron chi connectivity index (χ1n) is 6.61. The van der Waals surface area contributed by atoms with E-state index in [-0.39, 0.29) is 6.04 Å². The molecule has 0 aliphatic heterocycles. The Hall–Kier alpha value is -1.81. The number of hydrogen-bond acceptors (Lipinski definition) is 4. The minimum absolute atomic E-state index is 0.00481. The maximum atomic E-state index is 6.22. The van der Waals surface area contributed by atoms with Crippen LogP contribution in [-0.4, -0.2) is 9.97 Å². The van der Waals surface area contributed by atoms with Gasteiger partial charge in [-0.05, 0) is 24.5 Å². The number of rotatable bonds is 4. The van der Waals surface area contributed by atoms with Gasteiger partial charge in [-0.2, -0.15) is 0 Å². The Morgan fingerprint density at radius 1 is 1.15 bits per heavy atom. The standard InChI is InChI=1S/C15H19ClN4/c1-9(2)13-7-19-14(8-18-13)20-10(3)11-5-4-6-12(17)15(11)16/h4-10H,17H2,1-3H3,(H,19,20)/t10-/m1/s1. The highest BCUT2D eigenvalue weighted by atomic mass is 35.5. The van der Waals surface area contributed by atoms with Gasteiger partial charge < -0.3 is 11.1 Å². The fourth-order valence-electron chi connectivity index (χ4n) is 1.91. The summed E-state index contributed by atoms with van der Waals surface area (Å²) in [6.45, 7) is 6.19. The van der Waals surface area contributed by atoms with Gasteiger partial charge in [-0.25, -0.2) is 4.98 Å². The normalized spacial score (nSPS) is 12.4. The second kappa shape index (κ2) is 6.09. The number of anilines is 2. The molecule has 0 spiro atoms. The summed E-state index contributed by atoms with van der Waals surface area (Å²) in [6.07, 6.45) is 3.53. The lowest BCUT2D eigenvalue weighted by Gasteiger charge is -2.17. The SMILES string of the molecule is CC(C)c1cnc(N[C@H](C)c2cccc(N)c2Cl)cn1. The van der Waals surface area contributed by atoms with E-state index in [2.05, 4.69) is 29.1 Å². The number of hydrogen-bond donors (Lipinski definition) is 2. The van der Waals surface area contributed by atoms with Gasteiger partial charge in [-0.3, -0.25) is 4.98 Å². The molecule has 5 heteroatoms. The second-order valence-corrected chi connectivity index (χ2v) is 5.48. The molecule has 0 radical (unpaired) electrons. The Balaban J connectivity index is 2.15. The van der Waals surface area contributed by atoms with E-state index >= 15 is 0 Å². The molecule has 1 heterocycles. The number of nitrogens with zero attached hydrogens (tertiary/aromatic N) is 2. The van der Waals surface area contributed by atoms with Gasteiger partial charge >= 0.3 is 0 Å². The Bertz CT molecular complexity index is 581. The third kappa shape index (κ3) is 3.20. The van der Waals surface area contributed by atoms with Gasteiger partial charge in [0, 0.05) is 0 Å². The minimum atomic E-state index is 0.00481. The molecule has 0 saturated carbocycles. The van der Waals surface area contributed by atoms with Crippen molar-refractivity contribution in [1.82, 2.24) is 9.97 Å². The van der Waals surface area contributed by atoms with E-state index < -0.39 is 0 Å². The van der Waals surface area contributed by atoms with Crippen molar-refractivity contribution >= 4 is 23.1 Å². The fourth-order valence-corrected chi connectivity index (χ4v) is 2.20. The van der Waals surface area contributed by atoms with Crippen molar-refractivity contribution in [2.24, 2.45) is 0 Å². The third-order valence-corrected chi connectivity index (χ3v) is 3.59. The van der Waals surface area contributed by atoms with Crippen LogP contribution in [0.4, 0.5) is 11.5 Å². The summed E-state index contributed by atoms with van der Waals surface area (Å²) >= 11 is 6.22. The van der Waals surface area contributed by atoms with Gasteiger partial charge in [0.15, 0.2) is 0 Å². The second-order valence-electron chi connectivity index (χ2n) is 5.10. The lowest BCUT2D eigenvalue weighted by Crippen LogP contribution is -2.10. The fraction of sp³-hybridized carbons (Fsp3) is 0.333. The maximum Gasteiger partial charge on any atom is 0.144 e. The number of nitrogens with two attached hydrogens (primary N) is 1. The highest BCUT2D eigenvalue weighted by Gasteiger charge is 2.12. The van der Waals surface area contributed by atoms with Gasteiger partial charge in [-0.1, -0.05) is 37.6 Å². The van der Waals surface area contributed by atoms with Crippen LogP contribution in [0.25, 0.3) is 0 Å². The molecule has 0 fully saturated rings. The van der Waals surface area contributed by atoms with Gasteiger partial charge in [0.2, 0.25) is 0 Å². The molecule has 20 heavy (non-hydrogen) atoms. The van der Waals surface area contributed by atoms with Gasteiger partial charge in [0.05, 0.1) is 34.8 Å². The maximum absolute atomic E-state index is 6.22. The topological polar surface area (TPSA) is 63.8 Å². The van der Waals surface area contributed by atoms with Crippen LogP contribution in [-0.2, 0) is 0 Å². The molecule has 1 atom stereocenters. The first-order chi connectivity index (χ1) is 9.49. The first-order valence-corrected chi connectivity index (χ1v) is 6.99. The van der Waals surface area contributed by atoms with Crippen molar-refractivity contribution in [1.29, 1.82) is 0 Å².